The van der Waals surface area contributed by atoms with E-state index in [1.54, 1.807) is 0 Å². The van der Waals surface area contributed by atoms with E-state index in [0.29, 0.717) is 0 Å². The van der Waals surface area contributed by atoms with E-state index >= 15 is 0 Å². The van der Waals surface area contributed by atoms with E-state index in [2.05, 4.69) is 0 Å². The van der Waals surface area contributed by atoms with Crippen LogP contribution in [0, 0.1) is 0 Å². The van der Waals surface area contributed by atoms with Gasteiger partial charge in [0.15, 0.2) is 0 Å². The highest BCUT2D eigenvalue weighted by atomic mass is 35.6. The Morgan fingerprint density at radius 1 is 1.30 bits per heavy atom. The lowest BCUT2D eigenvalue weighted by atomic mass is 10.4. The Morgan fingerprint density at radius 3 is 1.80 bits per heavy atom. The van der Waals surface area contributed by atoms with Crippen molar-refractivity contribution in [3.8, 4) is 0 Å². The summed E-state index contributed by atoms with van der Waals surface area (Å²) in [6.07, 6.45) is 0.854. The van der Waals surface area contributed by atoms with Crippen LogP contribution in [-0.2, 0) is 4.79 Å². The molecule has 0 fully saturated rings. The van der Waals surface area contributed by atoms with Crippen LogP contribution in [0.4, 0.5) is 0 Å². The van der Waals surface area contributed by atoms with Crippen LogP contribution in [0.25, 0.3) is 0 Å². The number of halogens is 3. The highest BCUT2D eigenvalue weighted by Gasteiger charge is 2.23. The molecule has 0 aromatic carbocycles. The van der Waals surface area contributed by atoms with Crippen LogP contribution in [0.1, 0.15) is 0 Å². The second kappa shape index (κ2) is 3.32. The molecule has 0 aromatic rings. The van der Waals surface area contributed by atoms with Crippen LogP contribution in [0.15, 0.2) is 11.8 Å². The van der Waals surface area contributed by atoms with Crippen molar-refractivity contribution >= 4 is 40.7 Å². The first-order valence-electron chi connectivity index (χ1n) is 2.18. The predicted octanol–water partition coefficient (Wildman–Crippen LogP) is 0.685. The van der Waals surface area contributed by atoms with E-state index in [1.165, 1.54) is 0 Å². The maximum atomic E-state index is 10.1. The topological polar surface area (TPSA) is 69.1 Å². The first-order chi connectivity index (χ1) is 4.34. The number of alkyl halides is 3. The summed E-state index contributed by atoms with van der Waals surface area (Å²) in [6.45, 7) is 0. The van der Waals surface area contributed by atoms with Gasteiger partial charge >= 0.3 is 0 Å². The molecular weight excluding hydrogens is 198 g/mol. The molecule has 0 bridgehead atoms. The molecule has 0 saturated heterocycles. The molecule has 0 unspecified atom stereocenters. The van der Waals surface area contributed by atoms with E-state index in [1.807, 2.05) is 0 Å². The number of hydrogen-bond donors (Lipinski definition) is 2. The molecule has 6 heteroatoms. The number of rotatable bonds is 1. The Morgan fingerprint density at radius 2 is 1.70 bits per heavy atom. The van der Waals surface area contributed by atoms with Crippen molar-refractivity contribution in [1.82, 2.24) is 0 Å². The molecule has 3 nitrogen and oxygen atoms in total. The summed E-state index contributed by atoms with van der Waals surface area (Å²) in [5.74, 6) is -0.746. The summed E-state index contributed by atoms with van der Waals surface area (Å²) in [5, 5.41) is 0. The first-order valence-corrected chi connectivity index (χ1v) is 3.31. The van der Waals surface area contributed by atoms with E-state index in [-0.39, 0.29) is 5.70 Å². The van der Waals surface area contributed by atoms with Crippen molar-refractivity contribution in [1.29, 1.82) is 0 Å². The molecule has 0 aliphatic carbocycles. The largest absolute Gasteiger partial charge is 0.398 e. The number of carbonyl (C=O) groups excluding carboxylic acids is 1. The van der Waals surface area contributed by atoms with Crippen LogP contribution in [0.3, 0.4) is 0 Å². The van der Waals surface area contributed by atoms with Gasteiger partial charge in [0.2, 0.25) is 9.70 Å². The molecule has 0 radical (unpaired) electrons. The number of primary amides is 1. The van der Waals surface area contributed by atoms with Gasteiger partial charge in [-0.1, -0.05) is 34.8 Å². The highest BCUT2D eigenvalue weighted by molar-refractivity contribution is 6.69. The Kier molecular flexibility index (Phi) is 3.28. The lowest BCUT2D eigenvalue weighted by molar-refractivity contribution is -0.113. The molecule has 0 aliphatic rings. The minimum atomic E-state index is -1.75. The molecular formula is C4H5Cl3N2O. The summed E-state index contributed by atoms with van der Waals surface area (Å²) in [7, 11) is 0. The molecule has 0 heterocycles. The second-order valence-electron chi connectivity index (χ2n) is 1.50. The zero-order chi connectivity index (χ0) is 8.36. The van der Waals surface area contributed by atoms with Crippen molar-refractivity contribution in [2.45, 2.75) is 3.79 Å². The predicted molar refractivity (Wildman–Crippen MR) is 41.8 cm³/mol. The summed E-state index contributed by atoms with van der Waals surface area (Å²) >= 11 is 15.8. The van der Waals surface area contributed by atoms with Crippen molar-refractivity contribution < 1.29 is 4.79 Å². The van der Waals surface area contributed by atoms with E-state index in [0.717, 1.165) is 6.08 Å². The molecule has 4 N–H and O–H groups in total. The number of carbonyl (C=O) groups is 1. The highest BCUT2D eigenvalue weighted by Crippen LogP contribution is 2.31. The quantitative estimate of drug-likeness (QED) is 0.486. The van der Waals surface area contributed by atoms with Crippen LogP contribution in [0.5, 0.6) is 0 Å². The van der Waals surface area contributed by atoms with Gasteiger partial charge in [-0.25, -0.2) is 0 Å². The minimum Gasteiger partial charge on any atom is -0.398 e. The fourth-order valence-corrected chi connectivity index (χ4v) is 0.399. The van der Waals surface area contributed by atoms with Crippen molar-refractivity contribution in [3.05, 3.63) is 11.8 Å². The van der Waals surface area contributed by atoms with Gasteiger partial charge in [-0.2, -0.15) is 0 Å². The summed E-state index contributed by atoms with van der Waals surface area (Å²) in [4.78, 5) is 10.1. The van der Waals surface area contributed by atoms with E-state index in [4.69, 9.17) is 46.3 Å². The van der Waals surface area contributed by atoms with Crippen molar-refractivity contribution in [2.24, 2.45) is 11.5 Å². The summed E-state index contributed by atoms with van der Waals surface area (Å²) in [6, 6.07) is 0. The fourth-order valence-electron chi connectivity index (χ4n) is 0.235. The molecule has 10 heavy (non-hydrogen) atoms. The number of amides is 1. The SMILES string of the molecule is NC(=O)/C=C(\N)C(Cl)(Cl)Cl. The van der Waals surface area contributed by atoms with Gasteiger partial charge in [0.1, 0.15) is 0 Å². The Bertz CT molecular complexity index is 172. The number of allylic oxidation sites excluding steroid dienone is 1. The van der Waals surface area contributed by atoms with Gasteiger partial charge in [0, 0.05) is 6.08 Å². The average molecular weight is 203 g/mol. The molecule has 58 valence electrons. The van der Waals surface area contributed by atoms with Gasteiger partial charge in [-0.15, -0.1) is 0 Å². The van der Waals surface area contributed by atoms with Crippen LogP contribution in [0.2, 0.25) is 0 Å². The zero-order valence-electron chi connectivity index (χ0n) is 4.77. The summed E-state index contributed by atoms with van der Waals surface area (Å²) < 4.78 is -1.75. The molecule has 0 aromatic heterocycles. The Hall–Kier alpha value is -0.120. The lowest BCUT2D eigenvalue weighted by Crippen LogP contribution is -2.19. The summed E-state index contributed by atoms with van der Waals surface area (Å²) in [5.41, 5.74) is 9.65. The van der Waals surface area contributed by atoms with E-state index < -0.39 is 9.70 Å². The number of nitrogens with two attached hydrogens (primary N) is 2. The lowest BCUT2D eigenvalue weighted by Gasteiger charge is -2.09. The van der Waals surface area contributed by atoms with Gasteiger partial charge in [0.05, 0.1) is 5.70 Å². The molecule has 1 amide bonds. The van der Waals surface area contributed by atoms with Crippen molar-refractivity contribution in [3.63, 3.8) is 0 Å². The maximum absolute atomic E-state index is 10.1. The van der Waals surface area contributed by atoms with Gasteiger partial charge in [-0.3, -0.25) is 4.79 Å². The average Bonchev–Trinajstić information content (AvgIpc) is 1.60. The molecule has 0 rings (SSSR count). The van der Waals surface area contributed by atoms with Crippen LogP contribution < -0.4 is 11.5 Å². The molecule has 0 spiro atoms. The first kappa shape index (κ1) is 9.88. The third kappa shape index (κ3) is 3.82. The normalized spacial score (nSPS) is 13.3. The molecule has 0 atom stereocenters. The smallest absolute Gasteiger partial charge is 0.243 e. The van der Waals surface area contributed by atoms with Gasteiger partial charge in [-0.05, 0) is 0 Å². The van der Waals surface area contributed by atoms with Gasteiger partial charge in [0.25, 0.3) is 0 Å². The molecule has 0 saturated carbocycles. The third-order valence-corrected chi connectivity index (χ3v) is 1.28. The number of hydrogen-bond acceptors (Lipinski definition) is 2. The minimum absolute atomic E-state index is 0.190. The maximum Gasteiger partial charge on any atom is 0.243 e. The standard InChI is InChI=1S/C4H5Cl3N2O/c5-4(6,7)2(8)1-3(9)10/h1H,8H2,(H2,9,10)/b2-1-. The Labute approximate surface area is 72.9 Å². The Balaban J connectivity index is 4.35. The fraction of sp³-hybridized carbons (Fsp3) is 0.250. The van der Waals surface area contributed by atoms with Crippen LogP contribution in [-0.4, -0.2) is 9.70 Å². The monoisotopic (exact) mass is 202 g/mol. The second-order valence-corrected chi connectivity index (χ2v) is 3.78. The van der Waals surface area contributed by atoms with E-state index in [9.17, 15) is 4.79 Å². The molecule has 0 aliphatic heterocycles. The zero-order valence-corrected chi connectivity index (χ0v) is 7.04. The van der Waals surface area contributed by atoms with Crippen LogP contribution >= 0.6 is 34.8 Å². The van der Waals surface area contributed by atoms with Crippen molar-refractivity contribution in [2.75, 3.05) is 0 Å². The third-order valence-electron chi connectivity index (χ3n) is 0.625. The van der Waals surface area contributed by atoms with Gasteiger partial charge < -0.3 is 11.5 Å².